The van der Waals surface area contributed by atoms with Crippen LogP contribution in [0.25, 0.3) is 0 Å². The van der Waals surface area contributed by atoms with Gasteiger partial charge in [-0.05, 0) is 24.6 Å². The van der Waals surface area contributed by atoms with E-state index in [0.29, 0.717) is 5.69 Å². The molecule has 0 fully saturated rings. The highest BCUT2D eigenvalue weighted by atomic mass is 16.4. The van der Waals surface area contributed by atoms with Gasteiger partial charge in [0.25, 0.3) is 0 Å². The summed E-state index contributed by atoms with van der Waals surface area (Å²) in [7, 11) is 0. The molecule has 1 amide bonds. The van der Waals surface area contributed by atoms with Crippen LogP contribution < -0.4 is 10.2 Å². The number of hydrogen-bond donors (Lipinski definition) is 2. The fraction of sp³-hybridized carbons (Fsp3) is 0.273. The van der Waals surface area contributed by atoms with Crippen LogP contribution in [-0.2, 0) is 9.59 Å². The summed E-state index contributed by atoms with van der Waals surface area (Å²) < 4.78 is 0. The standard InChI is InChI=1S/C11H12N2O3/c1-7-2-3-9-8(4-7)12-10(14)5-13(9)6-11(15)16/h2-4H,5-6H2,1H3,(H,12,14)(H,15,16). The summed E-state index contributed by atoms with van der Waals surface area (Å²) in [5.41, 5.74) is 2.46. The van der Waals surface area contributed by atoms with E-state index in [1.165, 1.54) is 0 Å². The number of aryl methyl sites for hydroxylation is 1. The highest BCUT2D eigenvalue weighted by molar-refractivity contribution is 6.02. The van der Waals surface area contributed by atoms with Crippen LogP contribution in [0, 0.1) is 6.92 Å². The normalized spacial score (nSPS) is 14.3. The summed E-state index contributed by atoms with van der Waals surface area (Å²) >= 11 is 0. The Hall–Kier alpha value is -2.04. The molecule has 2 rings (SSSR count). The number of rotatable bonds is 2. The van der Waals surface area contributed by atoms with Crippen molar-refractivity contribution in [2.45, 2.75) is 6.92 Å². The second-order valence-corrected chi connectivity index (χ2v) is 3.82. The van der Waals surface area contributed by atoms with Crippen LogP contribution >= 0.6 is 0 Å². The third kappa shape index (κ3) is 1.98. The molecular formula is C11H12N2O3. The van der Waals surface area contributed by atoms with Gasteiger partial charge in [-0.15, -0.1) is 0 Å². The lowest BCUT2D eigenvalue weighted by atomic mass is 10.1. The molecule has 1 aliphatic heterocycles. The largest absolute Gasteiger partial charge is 0.480 e. The second kappa shape index (κ2) is 3.84. The average Bonchev–Trinajstić information content (AvgIpc) is 2.15. The first-order valence-corrected chi connectivity index (χ1v) is 4.93. The van der Waals surface area contributed by atoms with Gasteiger partial charge in [0.1, 0.15) is 6.54 Å². The quantitative estimate of drug-likeness (QED) is 0.774. The van der Waals surface area contributed by atoms with Crippen LogP contribution in [0.4, 0.5) is 11.4 Å². The molecule has 2 N–H and O–H groups in total. The van der Waals surface area contributed by atoms with E-state index in [-0.39, 0.29) is 19.0 Å². The number of carbonyl (C=O) groups is 2. The number of fused-ring (bicyclic) bond motifs is 1. The highest BCUT2D eigenvalue weighted by Gasteiger charge is 2.23. The number of benzene rings is 1. The van der Waals surface area contributed by atoms with E-state index in [4.69, 9.17) is 5.11 Å². The van der Waals surface area contributed by atoms with Gasteiger partial charge < -0.3 is 15.3 Å². The van der Waals surface area contributed by atoms with Gasteiger partial charge in [0.2, 0.25) is 5.91 Å². The van der Waals surface area contributed by atoms with E-state index in [9.17, 15) is 9.59 Å². The van der Waals surface area contributed by atoms with Crippen LogP contribution in [0.15, 0.2) is 18.2 Å². The summed E-state index contributed by atoms with van der Waals surface area (Å²) in [5, 5.41) is 11.5. The van der Waals surface area contributed by atoms with Gasteiger partial charge in [-0.1, -0.05) is 6.07 Å². The Labute approximate surface area is 92.7 Å². The van der Waals surface area contributed by atoms with Gasteiger partial charge in [0, 0.05) is 0 Å². The third-order valence-corrected chi connectivity index (χ3v) is 2.43. The van der Waals surface area contributed by atoms with E-state index >= 15 is 0 Å². The van der Waals surface area contributed by atoms with E-state index in [2.05, 4.69) is 5.32 Å². The molecular weight excluding hydrogens is 208 g/mol. The van der Waals surface area contributed by atoms with E-state index in [1.54, 1.807) is 4.90 Å². The lowest BCUT2D eigenvalue weighted by molar-refractivity contribution is -0.135. The Kier molecular flexibility index (Phi) is 2.52. The fourth-order valence-electron chi connectivity index (χ4n) is 1.78. The molecule has 1 aromatic rings. The molecule has 5 heteroatoms. The van der Waals surface area contributed by atoms with Crippen molar-refractivity contribution in [3.05, 3.63) is 23.8 Å². The number of carboxylic acids is 1. The molecule has 0 radical (unpaired) electrons. The summed E-state index contributed by atoms with van der Waals surface area (Å²) in [6.07, 6.45) is 0. The number of anilines is 2. The maximum atomic E-state index is 11.4. The van der Waals surface area contributed by atoms with Crippen LogP contribution in [0.3, 0.4) is 0 Å². The second-order valence-electron chi connectivity index (χ2n) is 3.82. The topological polar surface area (TPSA) is 69.6 Å². The molecule has 1 aromatic carbocycles. The Balaban J connectivity index is 2.37. The first-order valence-electron chi connectivity index (χ1n) is 4.93. The highest BCUT2D eigenvalue weighted by Crippen LogP contribution is 2.29. The molecule has 1 heterocycles. The molecule has 5 nitrogen and oxygen atoms in total. The smallest absolute Gasteiger partial charge is 0.323 e. The number of nitrogens with one attached hydrogen (secondary N) is 1. The number of carboxylic acid groups (broad SMARTS) is 1. The fourth-order valence-corrected chi connectivity index (χ4v) is 1.78. The van der Waals surface area contributed by atoms with Gasteiger partial charge in [-0.2, -0.15) is 0 Å². The summed E-state index contributed by atoms with van der Waals surface area (Å²) in [5.74, 6) is -1.12. The summed E-state index contributed by atoms with van der Waals surface area (Å²) in [6, 6.07) is 5.56. The predicted molar refractivity (Wildman–Crippen MR) is 59.7 cm³/mol. The van der Waals surface area contributed by atoms with Crippen molar-refractivity contribution >= 4 is 23.3 Å². The molecule has 0 saturated carbocycles. The van der Waals surface area contributed by atoms with Gasteiger partial charge in [-0.3, -0.25) is 9.59 Å². The van der Waals surface area contributed by atoms with Crippen molar-refractivity contribution in [1.29, 1.82) is 0 Å². The maximum absolute atomic E-state index is 11.4. The Morgan fingerprint density at radius 1 is 1.56 bits per heavy atom. The lowest BCUT2D eigenvalue weighted by Crippen LogP contribution is -2.41. The van der Waals surface area contributed by atoms with Crippen molar-refractivity contribution in [2.75, 3.05) is 23.3 Å². The van der Waals surface area contributed by atoms with Gasteiger partial charge in [0.15, 0.2) is 0 Å². The van der Waals surface area contributed by atoms with Crippen molar-refractivity contribution in [3.8, 4) is 0 Å². The zero-order valence-electron chi connectivity index (χ0n) is 8.86. The van der Waals surface area contributed by atoms with E-state index in [0.717, 1.165) is 11.3 Å². The van der Waals surface area contributed by atoms with Crippen LogP contribution in [0.5, 0.6) is 0 Å². The van der Waals surface area contributed by atoms with E-state index < -0.39 is 5.97 Å². The molecule has 0 unspecified atom stereocenters. The number of hydrogen-bond acceptors (Lipinski definition) is 3. The number of amides is 1. The number of nitrogens with zero attached hydrogens (tertiary/aromatic N) is 1. The summed E-state index contributed by atoms with van der Waals surface area (Å²) in [4.78, 5) is 23.6. The van der Waals surface area contributed by atoms with Crippen molar-refractivity contribution in [1.82, 2.24) is 0 Å². The Morgan fingerprint density at radius 2 is 2.31 bits per heavy atom. The zero-order chi connectivity index (χ0) is 11.7. The van der Waals surface area contributed by atoms with Gasteiger partial charge in [0.05, 0.1) is 17.9 Å². The molecule has 0 aliphatic carbocycles. The molecule has 84 valence electrons. The molecule has 1 aliphatic rings. The van der Waals surface area contributed by atoms with Gasteiger partial charge in [-0.25, -0.2) is 0 Å². The number of aliphatic carboxylic acids is 1. The van der Waals surface area contributed by atoms with E-state index in [1.807, 2.05) is 25.1 Å². The third-order valence-electron chi connectivity index (χ3n) is 2.43. The minimum Gasteiger partial charge on any atom is -0.480 e. The molecule has 0 bridgehead atoms. The molecule has 0 aromatic heterocycles. The monoisotopic (exact) mass is 220 g/mol. The Morgan fingerprint density at radius 3 is 3.00 bits per heavy atom. The molecule has 16 heavy (non-hydrogen) atoms. The molecule has 0 spiro atoms. The Bertz CT molecular complexity index is 457. The molecule has 0 atom stereocenters. The average molecular weight is 220 g/mol. The number of carbonyl (C=O) groups excluding carboxylic acids is 1. The first-order chi connectivity index (χ1) is 7.56. The zero-order valence-corrected chi connectivity index (χ0v) is 8.86. The van der Waals surface area contributed by atoms with Crippen LogP contribution in [0.1, 0.15) is 5.56 Å². The van der Waals surface area contributed by atoms with Crippen molar-refractivity contribution < 1.29 is 14.7 Å². The van der Waals surface area contributed by atoms with Crippen molar-refractivity contribution in [2.24, 2.45) is 0 Å². The minimum atomic E-state index is -0.943. The van der Waals surface area contributed by atoms with Crippen LogP contribution in [-0.4, -0.2) is 30.1 Å². The maximum Gasteiger partial charge on any atom is 0.323 e. The predicted octanol–water partition coefficient (Wildman–Crippen LogP) is 0.838. The van der Waals surface area contributed by atoms with Crippen LogP contribution in [0.2, 0.25) is 0 Å². The summed E-state index contributed by atoms with van der Waals surface area (Å²) in [6.45, 7) is 1.84. The SMILES string of the molecule is Cc1ccc2c(c1)NC(=O)CN2CC(=O)O. The minimum absolute atomic E-state index is 0.0857. The van der Waals surface area contributed by atoms with Crippen molar-refractivity contribution in [3.63, 3.8) is 0 Å². The lowest BCUT2D eigenvalue weighted by Gasteiger charge is -2.29. The van der Waals surface area contributed by atoms with Gasteiger partial charge >= 0.3 is 5.97 Å². The molecule has 0 saturated heterocycles. The first kappa shape index (κ1) is 10.5.